The molecule has 0 saturated heterocycles. The van der Waals surface area contributed by atoms with Crippen LogP contribution in [-0.4, -0.2) is 39.8 Å². The molecule has 0 heterocycles. The maximum atomic E-state index is 11.5. The molecule has 5 N–H and O–H groups in total. The molecule has 0 aliphatic heterocycles. The Morgan fingerprint density at radius 2 is 1.88 bits per heavy atom. The van der Waals surface area contributed by atoms with E-state index in [1.54, 1.807) is 13.8 Å². The highest BCUT2D eigenvalue weighted by Crippen LogP contribution is 2.09. The summed E-state index contributed by atoms with van der Waals surface area (Å²) in [4.78, 5) is 21.9. The van der Waals surface area contributed by atoms with Crippen molar-refractivity contribution in [2.75, 3.05) is 6.54 Å². The molecule has 6 nitrogen and oxygen atoms in total. The van der Waals surface area contributed by atoms with Crippen LogP contribution in [0.2, 0.25) is 0 Å². The Bertz CT molecular complexity index is 274. The number of nitrogens with two attached hydrogens (primary N) is 1. The fourth-order valence-electron chi connectivity index (χ4n) is 1.02. The molecule has 0 aliphatic carbocycles. The Labute approximate surface area is 94.8 Å². The molecule has 94 valence electrons. The van der Waals surface area contributed by atoms with E-state index in [4.69, 9.17) is 10.8 Å². The third-order valence-electron chi connectivity index (χ3n) is 2.42. The first-order chi connectivity index (χ1) is 7.10. The summed E-state index contributed by atoms with van der Waals surface area (Å²) in [5, 5.41) is 20.6. The van der Waals surface area contributed by atoms with E-state index in [2.05, 4.69) is 5.32 Å². The maximum absolute atomic E-state index is 11.5. The van der Waals surface area contributed by atoms with Crippen molar-refractivity contribution in [2.45, 2.75) is 44.8 Å². The fraction of sp³-hybridized carbons (Fsp3) is 0.800. The second kappa shape index (κ2) is 5.27. The first-order valence-electron chi connectivity index (χ1n) is 5.12. The average molecular weight is 232 g/mol. The molecule has 0 radical (unpaired) electrons. The molecule has 6 heteroatoms. The zero-order chi connectivity index (χ0) is 13.0. The molecule has 2 unspecified atom stereocenters. The number of aliphatic carboxylic acids is 1. The van der Waals surface area contributed by atoms with Crippen molar-refractivity contribution in [3.63, 3.8) is 0 Å². The predicted octanol–water partition coefficient (Wildman–Crippen LogP) is -0.544. The molecule has 0 fully saturated rings. The zero-order valence-electron chi connectivity index (χ0n) is 9.91. The predicted molar refractivity (Wildman–Crippen MR) is 58.8 cm³/mol. The van der Waals surface area contributed by atoms with E-state index in [1.165, 1.54) is 6.92 Å². The summed E-state index contributed by atoms with van der Waals surface area (Å²) in [6.07, 6.45) is 0.0284. The van der Waals surface area contributed by atoms with E-state index in [-0.39, 0.29) is 6.54 Å². The molecule has 0 aromatic heterocycles. The molecule has 0 spiro atoms. The quantitative estimate of drug-likeness (QED) is 0.491. The summed E-state index contributed by atoms with van der Waals surface area (Å²) >= 11 is 0. The van der Waals surface area contributed by atoms with E-state index in [1.807, 2.05) is 0 Å². The number of amides is 1. The Morgan fingerprint density at radius 3 is 2.25 bits per heavy atom. The molecule has 0 aromatic rings. The minimum Gasteiger partial charge on any atom is -0.481 e. The Morgan fingerprint density at radius 1 is 1.38 bits per heavy atom. The van der Waals surface area contributed by atoms with Gasteiger partial charge in [-0.3, -0.25) is 9.59 Å². The van der Waals surface area contributed by atoms with Gasteiger partial charge in [-0.2, -0.15) is 0 Å². The lowest BCUT2D eigenvalue weighted by molar-refractivity contribution is -0.142. The normalized spacial score (nSPS) is 18.3. The largest absolute Gasteiger partial charge is 0.481 e. The molecule has 0 aromatic carbocycles. The van der Waals surface area contributed by atoms with Gasteiger partial charge in [0.05, 0.1) is 17.6 Å². The smallest absolute Gasteiger partial charge is 0.306 e. The summed E-state index contributed by atoms with van der Waals surface area (Å²) in [7, 11) is 0. The number of carbonyl (C=O) groups excluding carboxylic acids is 1. The summed E-state index contributed by atoms with van der Waals surface area (Å²) in [6, 6.07) is 0. The van der Waals surface area contributed by atoms with E-state index in [9.17, 15) is 14.7 Å². The van der Waals surface area contributed by atoms with Crippen LogP contribution in [0.1, 0.15) is 33.6 Å². The minimum atomic E-state index is -1.47. The number of aliphatic hydroxyl groups is 1. The summed E-state index contributed by atoms with van der Waals surface area (Å²) in [5.41, 5.74) is 3.21. The molecule has 0 bridgehead atoms. The molecular formula is C10H20N2O4. The number of carbonyl (C=O) groups is 2. The lowest BCUT2D eigenvalue weighted by Gasteiger charge is -2.26. The van der Waals surface area contributed by atoms with Gasteiger partial charge in [-0.25, -0.2) is 0 Å². The molecule has 0 saturated carbocycles. The second-order valence-corrected chi connectivity index (χ2v) is 4.52. The van der Waals surface area contributed by atoms with Gasteiger partial charge in [-0.1, -0.05) is 6.92 Å². The first kappa shape index (κ1) is 14.9. The molecule has 0 aliphatic rings. The number of hydrogen-bond donors (Lipinski definition) is 4. The number of nitrogens with one attached hydrogen (secondary N) is 1. The zero-order valence-corrected chi connectivity index (χ0v) is 9.91. The van der Waals surface area contributed by atoms with E-state index < -0.39 is 29.4 Å². The van der Waals surface area contributed by atoms with Crippen LogP contribution in [0.5, 0.6) is 0 Å². The minimum absolute atomic E-state index is 0.134. The van der Waals surface area contributed by atoms with Gasteiger partial charge in [0.15, 0.2) is 0 Å². The maximum Gasteiger partial charge on any atom is 0.306 e. The Kier molecular flexibility index (Phi) is 4.89. The average Bonchev–Trinajstić information content (AvgIpc) is 2.12. The number of carboxylic acids is 1. The van der Waals surface area contributed by atoms with E-state index >= 15 is 0 Å². The summed E-state index contributed by atoms with van der Waals surface area (Å²) in [6.45, 7) is 4.56. The van der Waals surface area contributed by atoms with Crippen LogP contribution in [0, 0.1) is 0 Å². The Hall–Kier alpha value is -1.14. The van der Waals surface area contributed by atoms with Gasteiger partial charge in [0.2, 0.25) is 5.91 Å². The molecular weight excluding hydrogens is 212 g/mol. The van der Waals surface area contributed by atoms with Crippen LogP contribution in [0.3, 0.4) is 0 Å². The lowest BCUT2D eigenvalue weighted by Crippen LogP contribution is -2.54. The third-order valence-corrected chi connectivity index (χ3v) is 2.42. The van der Waals surface area contributed by atoms with Crippen LogP contribution in [0.15, 0.2) is 0 Å². The van der Waals surface area contributed by atoms with E-state index in [0.717, 1.165) is 0 Å². The summed E-state index contributed by atoms with van der Waals surface area (Å²) in [5.74, 6) is -1.52. The van der Waals surface area contributed by atoms with Crippen molar-refractivity contribution in [1.82, 2.24) is 5.32 Å². The van der Waals surface area contributed by atoms with Crippen LogP contribution in [-0.2, 0) is 9.59 Å². The van der Waals surface area contributed by atoms with Crippen molar-refractivity contribution in [2.24, 2.45) is 5.73 Å². The van der Waals surface area contributed by atoms with Gasteiger partial charge in [-0.15, -0.1) is 0 Å². The van der Waals surface area contributed by atoms with Crippen molar-refractivity contribution in [3.05, 3.63) is 0 Å². The van der Waals surface area contributed by atoms with Gasteiger partial charge in [0, 0.05) is 6.54 Å². The molecule has 16 heavy (non-hydrogen) atoms. The topological polar surface area (TPSA) is 113 Å². The fourth-order valence-corrected chi connectivity index (χ4v) is 1.02. The molecule has 1 amide bonds. The van der Waals surface area contributed by atoms with Crippen molar-refractivity contribution < 1.29 is 19.8 Å². The number of carboxylic acid groups (broad SMARTS) is 1. The van der Waals surface area contributed by atoms with Gasteiger partial charge >= 0.3 is 5.97 Å². The number of hydrogen-bond acceptors (Lipinski definition) is 4. The SMILES string of the molecule is CCC(C)(N)C(=O)NCC(C)(O)CC(=O)O. The second-order valence-electron chi connectivity index (χ2n) is 4.52. The highest BCUT2D eigenvalue weighted by Gasteiger charge is 2.30. The van der Waals surface area contributed by atoms with Gasteiger partial charge in [0.25, 0.3) is 0 Å². The standard InChI is InChI=1S/C10H20N2O4/c1-4-10(3,11)8(15)12-6-9(2,16)5-7(13)14/h16H,4-6,11H2,1-3H3,(H,12,15)(H,13,14). The molecule has 0 rings (SSSR count). The van der Waals surface area contributed by atoms with Gasteiger partial charge < -0.3 is 21.3 Å². The van der Waals surface area contributed by atoms with Crippen molar-refractivity contribution in [3.8, 4) is 0 Å². The third kappa shape index (κ3) is 5.09. The van der Waals surface area contributed by atoms with Gasteiger partial charge in [-0.05, 0) is 20.3 Å². The summed E-state index contributed by atoms with van der Waals surface area (Å²) < 4.78 is 0. The van der Waals surface area contributed by atoms with Crippen LogP contribution in [0.25, 0.3) is 0 Å². The van der Waals surface area contributed by atoms with Crippen LogP contribution >= 0.6 is 0 Å². The first-order valence-corrected chi connectivity index (χ1v) is 5.12. The van der Waals surface area contributed by atoms with E-state index in [0.29, 0.717) is 6.42 Å². The number of rotatable bonds is 6. The van der Waals surface area contributed by atoms with Crippen molar-refractivity contribution in [1.29, 1.82) is 0 Å². The monoisotopic (exact) mass is 232 g/mol. The van der Waals surface area contributed by atoms with Crippen LogP contribution in [0.4, 0.5) is 0 Å². The van der Waals surface area contributed by atoms with Gasteiger partial charge in [0.1, 0.15) is 0 Å². The Balaban J connectivity index is 4.25. The van der Waals surface area contributed by atoms with Crippen LogP contribution < -0.4 is 11.1 Å². The van der Waals surface area contributed by atoms with Crippen molar-refractivity contribution >= 4 is 11.9 Å². The lowest BCUT2D eigenvalue weighted by atomic mass is 9.98. The molecule has 2 atom stereocenters. The highest BCUT2D eigenvalue weighted by atomic mass is 16.4. The highest BCUT2D eigenvalue weighted by molar-refractivity contribution is 5.85.